The molecule has 3 aromatic heterocycles. The van der Waals surface area contributed by atoms with Gasteiger partial charge in [-0.2, -0.15) is 14.8 Å². The van der Waals surface area contributed by atoms with Gasteiger partial charge in [-0.25, -0.2) is 0 Å². The summed E-state index contributed by atoms with van der Waals surface area (Å²) in [5.41, 5.74) is -0.615. The molecule has 1 aliphatic rings. The highest BCUT2D eigenvalue weighted by molar-refractivity contribution is 7.51. The van der Waals surface area contributed by atoms with Gasteiger partial charge in [-0.1, -0.05) is 0 Å². The van der Waals surface area contributed by atoms with Crippen molar-refractivity contribution < 1.29 is 28.3 Å². The van der Waals surface area contributed by atoms with Crippen molar-refractivity contribution in [2.75, 3.05) is 31.3 Å². The topological polar surface area (TPSA) is 148 Å². The summed E-state index contributed by atoms with van der Waals surface area (Å²) in [6.45, 7) is 1.33. The average Bonchev–Trinajstić information content (AvgIpc) is 3.30. The molecule has 4 rings (SSSR count). The number of pyridine rings is 1. The van der Waals surface area contributed by atoms with Gasteiger partial charge in [0.1, 0.15) is 17.0 Å². The van der Waals surface area contributed by atoms with Crippen molar-refractivity contribution in [1.29, 1.82) is 0 Å². The second kappa shape index (κ2) is 9.46. The summed E-state index contributed by atoms with van der Waals surface area (Å²) in [5.74, 6) is 0.871. The minimum Gasteiger partial charge on any atom is -0.480 e. The van der Waals surface area contributed by atoms with E-state index in [0.717, 1.165) is 17.5 Å². The van der Waals surface area contributed by atoms with Crippen LogP contribution in [0.15, 0.2) is 39.9 Å². The van der Waals surface area contributed by atoms with Crippen LogP contribution in [0.4, 0.5) is 5.82 Å². The highest BCUT2D eigenvalue weighted by Gasteiger charge is 2.25. The van der Waals surface area contributed by atoms with E-state index in [2.05, 4.69) is 10.1 Å². The van der Waals surface area contributed by atoms with Gasteiger partial charge in [0.05, 0.1) is 32.2 Å². The second-order valence-electron chi connectivity index (χ2n) is 8.07. The van der Waals surface area contributed by atoms with Crippen LogP contribution in [0.25, 0.3) is 10.8 Å². The molecule has 1 aliphatic heterocycles. The van der Waals surface area contributed by atoms with E-state index in [9.17, 15) is 14.2 Å². The minimum absolute atomic E-state index is 0.101. The van der Waals surface area contributed by atoms with E-state index in [1.807, 2.05) is 4.90 Å². The first-order valence-corrected chi connectivity index (χ1v) is 12.4. The quantitative estimate of drug-likeness (QED) is 0.486. The van der Waals surface area contributed by atoms with Crippen LogP contribution in [0.3, 0.4) is 0 Å². The zero-order valence-corrected chi connectivity index (χ0v) is 19.0. The molecular formula is C21H25N4O7P. The highest BCUT2D eigenvalue weighted by Crippen LogP contribution is 2.38. The molecule has 0 aliphatic carbocycles. The number of methoxy groups -OCH3 is 1. The van der Waals surface area contributed by atoms with Crippen molar-refractivity contribution >= 4 is 30.1 Å². The number of piperidine rings is 1. The first-order chi connectivity index (χ1) is 15.7. The maximum atomic E-state index is 13.0. The zero-order chi connectivity index (χ0) is 23.6. The number of anilines is 1. The van der Waals surface area contributed by atoms with Gasteiger partial charge in [0.2, 0.25) is 5.88 Å². The summed E-state index contributed by atoms with van der Waals surface area (Å²) in [6.07, 6.45) is 4.74. The molecule has 0 saturated carbocycles. The van der Waals surface area contributed by atoms with E-state index in [1.165, 1.54) is 19.6 Å². The Hall–Kier alpha value is -3.01. The van der Waals surface area contributed by atoms with Crippen LogP contribution in [-0.2, 0) is 11.0 Å². The van der Waals surface area contributed by atoms with E-state index in [4.69, 9.17) is 18.9 Å². The fourth-order valence-corrected chi connectivity index (χ4v) is 4.75. The third-order valence-electron chi connectivity index (χ3n) is 5.82. The smallest absolute Gasteiger partial charge is 0.325 e. The molecule has 0 atom stereocenters. The van der Waals surface area contributed by atoms with Crippen molar-refractivity contribution in [2.45, 2.75) is 25.7 Å². The lowest BCUT2D eigenvalue weighted by Crippen LogP contribution is -2.35. The Bertz CT molecular complexity index is 1240. The predicted octanol–water partition coefficient (Wildman–Crippen LogP) is 2.06. The van der Waals surface area contributed by atoms with Crippen molar-refractivity contribution in [3.8, 4) is 5.88 Å². The van der Waals surface area contributed by atoms with Gasteiger partial charge in [-0.05, 0) is 43.4 Å². The van der Waals surface area contributed by atoms with Crippen molar-refractivity contribution in [2.24, 2.45) is 5.92 Å². The number of aromatic nitrogens is 3. The number of hydrogen-bond donors (Lipinski definition) is 2. The Balaban J connectivity index is 1.55. The van der Waals surface area contributed by atoms with Gasteiger partial charge in [-0.3, -0.25) is 14.2 Å². The van der Waals surface area contributed by atoms with Gasteiger partial charge in [0, 0.05) is 18.5 Å². The van der Waals surface area contributed by atoms with E-state index in [0.29, 0.717) is 36.5 Å². The summed E-state index contributed by atoms with van der Waals surface area (Å²) < 4.78 is 22.5. The van der Waals surface area contributed by atoms with E-state index < -0.39 is 19.1 Å². The van der Waals surface area contributed by atoms with Crippen molar-refractivity contribution in [1.82, 2.24) is 14.8 Å². The Morgan fingerprint density at radius 1 is 1.33 bits per heavy atom. The van der Waals surface area contributed by atoms with Gasteiger partial charge in [0.25, 0.3) is 11.5 Å². The summed E-state index contributed by atoms with van der Waals surface area (Å²) in [7, 11) is -2.58. The highest BCUT2D eigenvalue weighted by atomic mass is 31.2. The summed E-state index contributed by atoms with van der Waals surface area (Å²) in [5, 5.41) is 4.72. The molecule has 2 N–H and O–H groups in total. The molecule has 0 amide bonds. The monoisotopic (exact) mass is 476 g/mol. The molecule has 33 heavy (non-hydrogen) atoms. The van der Waals surface area contributed by atoms with Crippen LogP contribution in [0, 0.1) is 5.92 Å². The molecule has 176 valence electrons. The molecule has 1 saturated heterocycles. The Morgan fingerprint density at radius 2 is 2.09 bits per heavy atom. The molecule has 11 nitrogen and oxygen atoms in total. The normalized spacial score (nSPS) is 15.2. The predicted molar refractivity (Wildman–Crippen MR) is 120 cm³/mol. The molecular weight excluding hydrogens is 451 g/mol. The maximum Gasteiger partial charge on any atom is 0.325 e. The molecule has 0 bridgehead atoms. The van der Waals surface area contributed by atoms with E-state index in [1.54, 1.807) is 18.2 Å². The van der Waals surface area contributed by atoms with Crippen LogP contribution in [0.1, 0.15) is 29.8 Å². The van der Waals surface area contributed by atoms with Crippen LogP contribution >= 0.6 is 7.60 Å². The number of carbonyl (C=O) groups excluding carboxylic acids is 1. The second-order valence-corrected chi connectivity index (χ2v) is 9.85. The SMILES string of the molecule is COc1nc(N2CCC(CCP(=O)(O)O)CC2)cc2cnn(C(=O)Cc3ccco3)c(=O)c12. The molecule has 0 unspecified atom stereocenters. The number of furan rings is 1. The number of carbonyl (C=O) groups is 1. The third kappa shape index (κ3) is 5.32. The first-order valence-electron chi connectivity index (χ1n) is 10.6. The molecule has 0 spiro atoms. The number of ether oxygens (including phenoxy) is 1. The average molecular weight is 476 g/mol. The van der Waals surface area contributed by atoms with Crippen LogP contribution in [0.5, 0.6) is 5.88 Å². The van der Waals surface area contributed by atoms with E-state index >= 15 is 0 Å². The Kier molecular flexibility index (Phi) is 6.64. The van der Waals surface area contributed by atoms with Gasteiger partial charge >= 0.3 is 7.60 Å². The van der Waals surface area contributed by atoms with Gasteiger partial charge < -0.3 is 23.8 Å². The van der Waals surface area contributed by atoms with Crippen LogP contribution < -0.4 is 15.2 Å². The summed E-state index contributed by atoms with van der Waals surface area (Å²) >= 11 is 0. The Morgan fingerprint density at radius 3 is 2.73 bits per heavy atom. The summed E-state index contributed by atoms with van der Waals surface area (Å²) in [6, 6.07) is 5.05. The van der Waals surface area contributed by atoms with E-state index in [-0.39, 0.29) is 29.8 Å². The number of fused-ring (bicyclic) bond motifs is 1. The lowest BCUT2D eigenvalue weighted by molar-refractivity contribution is 0.0886. The molecule has 3 aromatic rings. The number of hydrogen-bond acceptors (Lipinski definition) is 8. The standard InChI is InChI=1S/C21H25N4O7P/c1-31-20-19-15(13-22-25(21(19)27)18(26)12-16-3-2-9-32-16)11-17(23-20)24-7-4-14(5-8-24)6-10-33(28,29)30/h2-3,9,11,13-14H,4-8,10,12H2,1H3,(H2,28,29,30). The van der Waals surface area contributed by atoms with Crippen LogP contribution in [0.2, 0.25) is 0 Å². The fraction of sp³-hybridized carbons (Fsp3) is 0.429. The van der Waals surface area contributed by atoms with Crippen LogP contribution in [-0.4, -0.2) is 56.8 Å². The Labute approximate surface area is 189 Å². The molecule has 4 heterocycles. The lowest BCUT2D eigenvalue weighted by atomic mass is 9.94. The number of rotatable bonds is 7. The fourth-order valence-electron chi connectivity index (χ4n) is 4.05. The molecule has 0 aromatic carbocycles. The summed E-state index contributed by atoms with van der Waals surface area (Å²) in [4.78, 5) is 50.3. The largest absolute Gasteiger partial charge is 0.480 e. The molecule has 12 heteroatoms. The maximum absolute atomic E-state index is 13.0. The molecule has 0 radical (unpaired) electrons. The first kappa shape index (κ1) is 23.2. The van der Waals surface area contributed by atoms with Gasteiger partial charge in [-0.15, -0.1) is 0 Å². The van der Waals surface area contributed by atoms with Crippen molar-refractivity contribution in [3.63, 3.8) is 0 Å². The minimum atomic E-state index is -3.99. The van der Waals surface area contributed by atoms with Crippen molar-refractivity contribution in [3.05, 3.63) is 46.8 Å². The third-order valence-corrected chi connectivity index (χ3v) is 6.66. The van der Waals surface area contributed by atoms with Gasteiger partial charge in [0.15, 0.2) is 0 Å². The number of nitrogens with zero attached hydrogens (tertiary/aromatic N) is 4. The molecule has 1 fully saturated rings. The lowest BCUT2D eigenvalue weighted by Gasteiger charge is -2.33. The zero-order valence-electron chi connectivity index (χ0n) is 18.1.